The second-order valence-corrected chi connectivity index (χ2v) is 6.38. The van der Waals surface area contributed by atoms with Gasteiger partial charge in [-0.15, -0.1) is 11.3 Å². The second-order valence-electron chi connectivity index (χ2n) is 4.19. The van der Waals surface area contributed by atoms with Crippen LogP contribution in [-0.4, -0.2) is 9.55 Å². The van der Waals surface area contributed by atoms with Crippen LogP contribution >= 0.6 is 35.2 Å². The zero-order chi connectivity index (χ0) is 12.7. The number of benzene rings is 1. The van der Waals surface area contributed by atoms with Gasteiger partial charge in [-0.05, 0) is 42.9 Å². The van der Waals surface area contributed by atoms with Crippen LogP contribution in [0, 0.1) is 11.7 Å². The molecule has 3 rings (SSSR count). The molecule has 1 N–H and O–H groups in total. The Morgan fingerprint density at radius 3 is 2.89 bits per heavy atom. The van der Waals surface area contributed by atoms with E-state index in [9.17, 15) is 0 Å². The molecule has 0 aliphatic rings. The summed E-state index contributed by atoms with van der Waals surface area (Å²) in [5, 5.41) is 0. The smallest absolute Gasteiger partial charge is 0.178 e. The van der Waals surface area contributed by atoms with E-state index in [1.807, 2.05) is 12.1 Å². The quantitative estimate of drug-likeness (QED) is 0.675. The van der Waals surface area contributed by atoms with E-state index in [2.05, 4.69) is 34.7 Å². The van der Waals surface area contributed by atoms with Crippen LogP contribution in [0.25, 0.3) is 11.0 Å². The maximum absolute atomic E-state index is 5.96. The average Bonchev–Trinajstić information content (AvgIpc) is 2.87. The SMILES string of the molecule is Cc1cccc2c1[nH]c(=S)n2Cc1ccc(Cl)s1. The third-order valence-electron chi connectivity index (χ3n) is 2.96. The molecule has 1 aromatic carbocycles. The number of aromatic amines is 1. The molecule has 0 fully saturated rings. The number of hydrogen-bond acceptors (Lipinski definition) is 2. The summed E-state index contributed by atoms with van der Waals surface area (Å²) in [5.41, 5.74) is 3.47. The van der Waals surface area contributed by atoms with Crippen LogP contribution in [0.3, 0.4) is 0 Å². The summed E-state index contributed by atoms with van der Waals surface area (Å²) in [6, 6.07) is 10.2. The second kappa shape index (κ2) is 4.53. The van der Waals surface area contributed by atoms with Crippen molar-refractivity contribution < 1.29 is 0 Å². The molecule has 2 nitrogen and oxygen atoms in total. The van der Waals surface area contributed by atoms with Gasteiger partial charge in [0.1, 0.15) is 0 Å². The number of nitrogens with one attached hydrogen (secondary N) is 1. The summed E-state index contributed by atoms with van der Waals surface area (Å²) in [7, 11) is 0. The Morgan fingerprint density at radius 1 is 1.33 bits per heavy atom. The largest absolute Gasteiger partial charge is 0.330 e. The molecule has 2 aromatic heterocycles. The van der Waals surface area contributed by atoms with Crippen LogP contribution in [0.2, 0.25) is 4.34 Å². The van der Waals surface area contributed by atoms with Crippen LogP contribution in [0.1, 0.15) is 10.4 Å². The zero-order valence-corrected chi connectivity index (χ0v) is 12.1. The first kappa shape index (κ1) is 12.0. The number of hydrogen-bond donors (Lipinski definition) is 1. The fraction of sp³-hybridized carbons (Fsp3) is 0.154. The highest BCUT2D eigenvalue weighted by Gasteiger charge is 2.07. The summed E-state index contributed by atoms with van der Waals surface area (Å²) in [5.74, 6) is 0. The predicted octanol–water partition coefficient (Wildman–Crippen LogP) is 4.77. The van der Waals surface area contributed by atoms with Crippen LogP contribution in [0.5, 0.6) is 0 Å². The van der Waals surface area contributed by atoms with Crippen molar-refractivity contribution in [2.45, 2.75) is 13.5 Å². The van der Waals surface area contributed by atoms with Crippen LogP contribution in [0.4, 0.5) is 0 Å². The molecule has 0 bridgehead atoms. The lowest BCUT2D eigenvalue weighted by atomic mass is 10.2. The lowest BCUT2D eigenvalue weighted by Crippen LogP contribution is -1.97. The molecule has 5 heteroatoms. The van der Waals surface area contributed by atoms with Crippen molar-refractivity contribution in [2.75, 3.05) is 0 Å². The van der Waals surface area contributed by atoms with Gasteiger partial charge in [0.15, 0.2) is 4.77 Å². The molecular formula is C13H11ClN2S2. The maximum atomic E-state index is 5.96. The van der Waals surface area contributed by atoms with Gasteiger partial charge in [0, 0.05) is 4.88 Å². The first-order chi connectivity index (χ1) is 8.65. The van der Waals surface area contributed by atoms with Gasteiger partial charge in [0.05, 0.1) is 21.9 Å². The number of nitrogens with zero attached hydrogens (tertiary/aromatic N) is 1. The Bertz CT molecular complexity index is 767. The van der Waals surface area contributed by atoms with Gasteiger partial charge in [-0.25, -0.2) is 0 Å². The number of halogens is 1. The van der Waals surface area contributed by atoms with Gasteiger partial charge >= 0.3 is 0 Å². The van der Waals surface area contributed by atoms with E-state index in [4.69, 9.17) is 23.8 Å². The van der Waals surface area contributed by atoms with Gasteiger partial charge in [0.25, 0.3) is 0 Å². The van der Waals surface area contributed by atoms with E-state index < -0.39 is 0 Å². The van der Waals surface area contributed by atoms with Gasteiger partial charge in [-0.2, -0.15) is 0 Å². The predicted molar refractivity (Wildman–Crippen MR) is 80.3 cm³/mol. The molecule has 0 spiro atoms. The topological polar surface area (TPSA) is 20.7 Å². The maximum Gasteiger partial charge on any atom is 0.178 e. The van der Waals surface area contributed by atoms with Crippen molar-refractivity contribution in [1.29, 1.82) is 0 Å². The molecule has 18 heavy (non-hydrogen) atoms. The third-order valence-corrected chi connectivity index (χ3v) is 4.50. The van der Waals surface area contributed by atoms with Crippen molar-refractivity contribution in [1.82, 2.24) is 9.55 Å². The highest BCUT2D eigenvalue weighted by molar-refractivity contribution is 7.71. The van der Waals surface area contributed by atoms with E-state index in [-0.39, 0.29) is 0 Å². The van der Waals surface area contributed by atoms with Crippen molar-refractivity contribution in [3.05, 3.63) is 49.9 Å². The van der Waals surface area contributed by atoms with E-state index in [0.717, 1.165) is 26.7 Å². The van der Waals surface area contributed by atoms with Crippen LogP contribution in [-0.2, 0) is 6.54 Å². The molecule has 0 atom stereocenters. The minimum atomic E-state index is 0.754. The van der Waals surface area contributed by atoms with Crippen molar-refractivity contribution in [3.8, 4) is 0 Å². The highest BCUT2D eigenvalue weighted by Crippen LogP contribution is 2.24. The Morgan fingerprint density at radius 2 is 2.17 bits per heavy atom. The van der Waals surface area contributed by atoms with E-state index in [0.29, 0.717) is 0 Å². The first-order valence-corrected chi connectivity index (χ1v) is 7.18. The molecule has 3 aromatic rings. The minimum Gasteiger partial charge on any atom is -0.330 e. The van der Waals surface area contributed by atoms with E-state index >= 15 is 0 Å². The Labute approximate surface area is 119 Å². The summed E-state index contributed by atoms with van der Waals surface area (Å²) in [4.78, 5) is 4.48. The summed E-state index contributed by atoms with van der Waals surface area (Å²) in [6.07, 6.45) is 0. The fourth-order valence-corrected chi connectivity index (χ4v) is 3.41. The third kappa shape index (κ3) is 2.00. The number of para-hydroxylation sites is 1. The first-order valence-electron chi connectivity index (χ1n) is 5.57. The van der Waals surface area contributed by atoms with Crippen LogP contribution in [0.15, 0.2) is 30.3 Å². The van der Waals surface area contributed by atoms with Gasteiger partial charge in [-0.3, -0.25) is 0 Å². The van der Waals surface area contributed by atoms with Gasteiger partial charge < -0.3 is 9.55 Å². The monoisotopic (exact) mass is 294 g/mol. The number of thiophene rings is 1. The standard InChI is InChI=1S/C13H11ClN2S2/c1-8-3-2-4-10-12(8)15-13(17)16(10)7-9-5-6-11(14)18-9/h2-6H,7H2,1H3,(H,15,17). The minimum absolute atomic E-state index is 0.754. The summed E-state index contributed by atoms with van der Waals surface area (Å²) < 4.78 is 3.68. The molecule has 0 unspecified atom stereocenters. The number of imidazole rings is 1. The van der Waals surface area contributed by atoms with E-state index in [1.54, 1.807) is 11.3 Å². The molecule has 0 saturated carbocycles. The normalized spacial score (nSPS) is 11.2. The average molecular weight is 295 g/mol. The molecule has 92 valence electrons. The fourth-order valence-electron chi connectivity index (χ4n) is 2.07. The molecule has 2 heterocycles. The number of aromatic nitrogens is 2. The van der Waals surface area contributed by atoms with Gasteiger partial charge in [0.2, 0.25) is 0 Å². The summed E-state index contributed by atoms with van der Waals surface area (Å²) >= 11 is 12.9. The number of fused-ring (bicyclic) bond motifs is 1. The Hall–Kier alpha value is -1.10. The molecule has 0 radical (unpaired) electrons. The molecule has 0 aliphatic heterocycles. The Balaban J connectivity index is 2.14. The lowest BCUT2D eigenvalue weighted by Gasteiger charge is -2.02. The zero-order valence-electron chi connectivity index (χ0n) is 9.74. The number of rotatable bonds is 2. The van der Waals surface area contributed by atoms with Crippen molar-refractivity contribution in [2.24, 2.45) is 0 Å². The highest BCUT2D eigenvalue weighted by atomic mass is 35.5. The van der Waals surface area contributed by atoms with Crippen molar-refractivity contribution in [3.63, 3.8) is 0 Å². The van der Waals surface area contributed by atoms with Gasteiger partial charge in [-0.1, -0.05) is 23.7 Å². The molecular weight excluding hydrogens is 284 g/mol. The molecule has 0 saturated heterocycles. The molecule has 0 amide bonds. The number of aryl methyl sites for hydroxylation is 1. The number of H-pyrrole nitrogens is 1. The lowest BCUT2D eigenvalue weighted by molar-refractivity contribution is 0.823. The van der Waals surface area contributed by atoms with Crippen LogP contribution < -0.4 is 0 Å². The summed E-state index contributed by atoms with van der Waals surface area (Å²) in [6.45, 7) is 2.85. The van der Waals surface area contributed by atoms with E-state index in [1.165, 1.54) is 10.4 Å². The Kier molecular flexibility index (Phi) is 3.01. The molecule has 0 aliphatic carbocycles. The van der Waals surface area contributed by atoms with Crippen molar-refractivity contribution >= 4 is 46.2 Å².